The fourth-order valence-corrected chi connectivity index (χ4v) is 3.13. The number of halogens is 1. The first kappa shape index (κ1) is 15.0. The lowest BCUT2D eigenvalue weighted by atomic mass is 9.89. The van der Waals surface area contributed by atoms with Gasteiger partial charge in [-0.25, -0.2) is 4.39 Å². The van der Waals surface area contributed by atoms with Gasteiger partial charge in [0.1, 0.15) is 5.82 Å². The summed E-state index contributed by atoms with van der Waals surface area (Å²) in [7, 11) is 0. The van der Waals surface area contributed by atoms with Crippen molar-refractivity contribution in [1.82, 2.24) is 5.32 Å². The lowest BCUT2D eigenvalue weighted by Gasteiger charge is -2.30. The van der Waals surface area contributed by atoms with Gasteiger partial charge in [-0.3, -0.25) is 0 Å². The molecule has 2 fully saturated rings. The molecule has 2 aliphatic carbocycles. The Hall–Kier alpha value is -0.930. The topological polar surface area (TPSA) is 21.3 Å². The Labute approximate surface area is 127 Å². The van der Waals surface area contributed by atoms with Crippen LogP contribution < -0.4 is 5.32 Å². The van der Waals surface area contributed by atoms with Crippen LogP contribution in [0.5, 0.6) is 0 Å². The summed E-state index contributed by atoms with van der Waals surface area (Å²) < 4.78 is 20.4. The molecule has 1 aromatic rings. The van der Waals surface area contributed by atoms with Crippen LogP contribution in [0.1, 0.15) is 57.1 Å². The van der Waals surface area contributed by atoms with E-state index in [0.717, 1.165) is 25.3 Å². The minimum absolute atomic E-state index is 0.149. The second-order valence-electron chi connectivity index (χ2n) is 6.71. The van der Waals surface area contributed by atoms with Crippen LogP contribution in [0.3, 0.4) is 0 Å². The van der Waals surface area contributed by atoms with E-state index in [1.165, 1.54) is 31.7 Å². The second-order valence-corrected chi connectivity index (χ2v) is 6.71. The quantitative estimate of drug-likeness (QED) is 0.847. The van der Waals surface area contributed by atoms with Crippen molar-refractivity contribution in [2.24, 2.45) is 5.92 Å². The first-order valence-electron chi connectivity index (χ1n) is 8.35. The van der Waals surface area contributed by atoms with E-state index in [1.54, 1.807) is 6.07 Å². The lowest BCUT2D eigenvalue weighted by molar-refractivity contribution is -0.0378. The average molecular weight is 291 g/mol. The van der Waals surface area contributed by atoms with E-state index in [0.29, 0.717) is 11.6 Å². The standard InChI is InChI=1S/C18H26FNO/c1-13-6-10-15(11-7-13)21-18(12-20-14-8-9-14)16-4-2-3-5-17(16)19/h2-5,13-15,18,20H,6-12H2,1H3. The first-order chi connectivity index (χ1) is 10.2. The van der Waals surface area contributed by atoms with Gasteiger partial charge in [0, 0.05) is 18.2 Å². The van der Waals surface area contributed by atoms with Gasteiger partial charge in [-0.05, 0) is 50.5 Å². The van der Waals surface area contributed by atoms with Crippen molar-refractivity contribution in [2.75, 3.05) is 6.54 Å². The van der Waals surface area contributed by atoms with Gasteiger partial charge in [0.25, 0.3) is 0 Å². The van der Waals surface area contributed by atoms with Crippen molar-refractivity contribution in [3.63, 3.8) is 0 Å². The number of benzene rings is 1. The minimum atomic E-state index is -0.162. The van der Waals surface area contributed by atoms with E-state index in [9.17, 15) is 4.39 Å². The zero-order valence-corrected chi connectivity index (χ0v) is 12.9. The Morgan fingerprint density at radius 1 is 1.14 bits per heavy atom. The molecular weight excluding hydrogens is 265 g/mol. The van der Waals surface area contributed by atoms with Crippen molar-refractivity contribution in [3.05, 3.63) is 35.6 Å². The Morgan fingerprint density at radius 3 is 2.52 bits per heavy atom. The van der Waals surface area contributed by atoms with Crippen LogP contribution in [0.4, 0.5) is 4.39 Å². The highest BCUT2D eigenvalue weighted by atomic mass is 19.1. The van der Waals surface area contributed by atoms with Crippen LogP contribution in [0.15, 0.2) is 24.3 Å². The van der Waals surface area contributed by atoms with Crippen molar-refractivity contribution in [1.29, 1.82) is 0 Å². The fourth-order valence-electron chi connectivity index (χ4n) is 3.13. The summed E-state index contributed by atoms with van der Waals surface area (Å²) in [6.07, 6.45) is 7.27. The summed E-state index contributed by atoms with van der Waals surface area (Å²) in [5, 5.41) is 3.49. The molecule has 0 spiro atoms. The van der Waals surface area contributed by atoms with E-state index < -0.39 is 0 Å². The zero-order valence-electron chi connectivity index (χ0n) is 12.9. The van der Waals surface area contributed by atoms with E-state index in [4.69, 9.17) is 4.74 Å². The molecule has 2 aliphatic rings. The Bertz CT molecular complexity index is 452. The summed E-state index contributed by atoms with van der Waals surface area (Å²) in [5.41, 5.74) is 0.698. The van der Waals surface area contributed by atoms with Gasteiger partial charge >= 0.3 is 0 Å². The SMILES string of the molecule is CC1CCC(OC(CNC2CC2)c2ccccc2F)CC1. The van der Waals surface area contributed by atoms with Gasteiger partial charge in [-0.2, -0.15) is 0 Å². The largest absolute Gasteiger partial charge is 0.369 e. The first-order valence-corrected chi connectivity index (χ1v) is 8.35. The lowest BCUT2D eigenvalue weighted by Crippen LogP contribution is -2.30. The van der Waals surface area contributed by atoms with Gasteiger partial charge in [0.15, 0.2) is 0 Å². The molecule has 0 saturated heterocycles. The van der Waals surface area contributed by atoms with E-state index in [1.807, 2.05) is 12.1 Å². The van der Waals surface area contributed by atoms with Crippen LogP contribution in [-0.2, 0) is 4.74 Å². The summed E-state index contributed by atoms with van der Waals surface area (Å²) in [6, 6.07) is 7.65. The van der Waals surface area contributed by atoms with Crippen LogP contribution in [0.2, 0.25) is 0 Å². The number of hydrogen-bond acceptors (Lipinski definition) is 2. The van der Waals surface area contributed by atoms with Crippen LogP contribution in [-0.4, -0.2) is 18.7 Å². The highest BCUT2D eigenvalue weighted by Crippen LogP contribution is 2.31. The van der Waals surface area contributed by atoms with Crippen molar-refractivity contribution < 1.29 is 9.13 Å². The van der Waals surface area contributed by atoms with E-state index in [-0.39, 0.29) is 18.0 Å². The maximum absolute atomic E-state index is 14.1. The molecule has 21 heavy (non-hydrogen) atoms. The molecule has 1 N–H and O–H groups in total. The van der Waals surface area contributed by atoms with Crippen molar-refractivity contribution >= 4 is 0 Å². The smallest absolute Gasteiger partial charge is 0.129 e. The summed E-state index contributed by atoms with van der Waals surface area (Å²) in [6.45, 7) is 3.02. The molecule has 0 aliphatic heterocycles. The van der Waals surface area contributed by atoms with Gasteiger partial charge in [-0.15, -0.1) is 0 Å². The predicted molar refractivity (Wildman–Crippen MR) is 82.7 cm³/mol. The Morgan fingerprint density at radius 2 is 1.86 bits per heavy atom. The average Bonchev–Trinajstić information content (AvgIpc) is 3.30. The Balaban J connectivity index is 1.64. The molecule has 0 radical (unpaired) electrons. The van der Waals surface area contributed by atoms with Crippen LogP contribution in [0.25, 0.3) is 0 Å². The van der Waals surface area contributed by atoms with Crippen molar-refractivity contribution in [2.45, 2.75) is 63.7 Å². The molecule has 116 valence electrons. The molecule has 1 atom stereocenters. The molecular formula is C18H26FNO. The minimum Gasteiger partial charge on any atom is -0.369 e. The highest BCUT2D eigenvalue weighted by Gasteiger charge is 2.27. The van der Waals surface area contributed by atoms with Gasteiger partial charge in [0.05, 0.1) is 12.2 Å². The number of hydrogen-bond donors (Lipinski definition) is 1. The summed E-state index contributed by atoms with van der Waals surface area (Å²) in [4.78, 5) is 0. The Kier molecular flexibility index (Phi) is 4.91. The molecule has 3 heteroatoms. The third-order valence-electron chi connectivity index (χ3n) is 4.74. The normalized spacial score (nSPS) is 27.5. The molecule has 1 aromatic carbocycles. The number of nitrogens with one attached hydrogen (secondary N) is 1. The molecule has 2 nitrogen and oxygen atoms in total. The van der Waals surface area contributed by atoms with E-state index in [2.05, 4.69) is 12.2 Å². The molecule has 0 aromatic heterocycles. The molecule has 2 saturated carbocycles. The molecule has 3 rings (SSSR count). The third kappa shape index (κ3) is 4.27. The van der Waals surface area contributed by atoms with Crippen LogP contribution in [0, 0.1) is 11.7 Å². The third-order valence-corrected chi connectivity index (χ3v) is 4.74. The molecule has 1 unspecified atom stereocenters. The van der Waals surface area contributed by atoms with Gasteiger partial charge in [0.2, 0.25) is 0 Å². The predicted octanol–water partition coefficient (Wildman–Crippen LogP) is 4.21. The second kappa shape index (κ2) is 6.89. The maximum atomic E-state index is 14.1. The maximum Gasteiger partial charge on any atom is 0.129 e. The summed E-state index contributed by atoms with van der Waals surface area (Å²) >= 11 is 0. The summed E-state index contributed by atoms with van der Waals surface area (Å²) in [5.74, 6) is 0.658. The number of ether oxygens (including phenoxy) is 1. The van der Waals surface area contributed by atoms with Gasteiger partial charge in [-0.1, -0.05) is 25.1 Å². The monoisotopic (exact) mass is 291 g/mol. The molecule has 0 amide bonds. The van der Waals surface area contributed by atoms with Gasteiger partial charge < -0.3 is 10.1 Å². The highest BCUT2D eigenvalue weighted by molar-refractivity contribution is 5.20. The zero-order chi connectivity index (χ0) is 14.7. The van der Waals surface area contributed by atoms with E-state index >= 15 is 0 Å². The molecule has 0 bridgehead atoms. The van der Waals surface area contributed by atoms with Crippen molar-refractivity contribution in [3.8, 4) is 0 Å². The molecule has 0 heterocycles. The number of rotatable bonds is 6. The fraction of sp³-hybridized carbons (Fsp3) is 0.667. The van der Waals surface area contributed by atoms with Crippen LogP contribution >= 0.6 is 0 Å².